The molecule has 0 radical (unpaired) electrons. The Balaban J connectivity index is 1.36. The molecule has 0 atom stereocenters. The van der Waals surface area contributed by atoms with Crippen molar-refractivity contribution in [2.75, 3.05) is 45.2 Å². The van der Waals surface area contributed by atoms with Gasteiger partial charge in [0.05, 0.1) is 34.6 Å². The topological polar surface area (TPSA) is 147 Å². The molecule has 38 heavy (non-hydrogen) atoms. The molecule has 15 heteroatoms. The molecule has 4 aromatic rings. The van der Waals surface area contributed by atoms with Gasteiger partial charge in [-0.05, 0) is 13.0 Å². The molecule has 200 valence electrons. The predicted octanol–water partition coefficient (Wildman–Crippen LogP) is 3.31. The Kier molecular flexibility index (Phi) is 7.34. The van der Waals surface area contributed by atoms with E-state index in [4.69, 9.17) is 9.15 Å². The fraction of sp³-hybridized carbons (Fsp3) is 0.304. The normalized spacial score (nSPS) is 14.5. The molecule has 0 bridgehead atoms. The van der Waals surface area contributed by atoms with Crippen LogP contribution in [0.1, 0.15) is 17.3 Å². The standard InChI is InChI=1S/C23H24N6O6S3/c1-3-25-22(31)27-20-18(14-5-4-6-15(34-2)19(14)37-20)21(30)28-7-9-29(10-8-28)38(32,33)23-26-12-17(36-23)16-11-24-13-35-16/h4-6,11-13H,3,7-10H2,1-2H3,(H2,25,27,31). The van der Waals surface area contributed by atoms with Crippen LogP contribution in [0.2, 0.25) is 0 Å². The fourth-order valence-electron chi connectivity index (χ4n) is 4.09. The second kappa shape index (κ2) is 10.7. The Morgan fingerprint density at radius 2 is 1.95 bits per heavy atom. The van der Waals surface area contributed by atoms with Gasteiger partial charge in [-0.2, -0.15) is 4.31 Å². The third-order valence-electron chi connectivity index (χ3n) is 5.92. The molecule has 0 unspecified atom stereocenters. The van der Waals surface area contributed by atoms with Crippen LogP contribution in [0.5, 0.6) is 5.75 Å². The summed E-state index contributed by atoms with van der Waals surface area (Å²) in [4.78, 5) is 36.1. The van der Waals surface area contributed by atoms with E-state index in [9.17, 15) is 18.0 Å². The van der Waals surface area contributed by atoms with Gasteiger partial charge in [-0.3, -0.25) is 10.1 Å². The number of urea groups is 1. The van der Waals surface area contributed by atoms with E-state index in [1.165, 1.54) is 34.4 Å². The third-order valence-corrected chi connectivity index (χ3v) is 10.3. The first-order valence-corrected chi connectivity index (χ1v) is 14.7. The van der Waals surface area contributed by atoms with E-state index in [0.717, 1.165) is 16.0 Å². The molecule has 3 amide bonds. The Bertz CT molecular complexity index is 1570. The van der Waals surface area contributed by atoms with Crippen molar-refractivity contribution in [2.24, 2.45) is 0 Å². The van der Waals surface area contributed by atoms with E-state index >= 15 is 0 Å². The Labute approximate surface area is 226 Å². The number of amides is 3. The number of sulfonamides is 1. The van der Waals surface area contributed by atoms with E-state index in [1.54, 1.807) is 37.1 Å². The van der Waals surface area contributed by atoms with Gasteiger partial charge in [0.15, 0.2) is 12.2 Å². The molecular weight excluding hydrogens is 552 g/mol. The number of methoxy groups -OCH3 is 1. The first-order valence-electron chi connectivity index (χ1n) is 11.6. The quantitative estimate of drug-likeness (QED) is 0.341. The maximum Gasteiger partial charge on any atom is 0.319 e. The van der Waals surface area contributed by atoms with Gasteiger partial charge < -0.3 is 19.4 Å². The molecule has 3 aromatic heterocycles. The molecule has 1 saturated heterocycles. The third kappa shape index (κ3) is 4.84. The van der Waals surface area contributed by atoms with Gasteiger partial charge in [-0.15, -0.1) is 11.3 Å². The number of rotatable bonds is 7. The molecular formula is C23H24N6O6S3. The summed E-state index contributed by atoms with van der Waals surface area (Å²) in [6.07, 6.45) is 4.20. The number of carbonyl (C=O) groups is 2. The van der Waals surface area contributed by atoms with E-state index in [1.807, 2.05) is 0 Å². The van der Waals surface area contributed by atoms with Crippen molar-refractivity contribution in [1.82, 2.24) is 24.5 Å². The molecule has 4 heterocycles. The number of aromatic nitrogens is 2. The number of benzene rings is 1. The summed E-state index contributed by atoms with van der Waals surface area (Å²) in [5, 5.41) is 6.51. The second-order valence-electron chi connectivity index (χ2n) is 8.18. The van der Waals surface area contributed by atoms with Crippen molar-refractivity contribution in [3.63, 3.8) is 0 Å². The maximum absolute atomic E-state index is 13.7. The van der Waals surface area contributed by atoms with Crippen molar-refractivity contribution in [1.29, 1.82) is 0 Å². The van der Waals surface area contributed by atoms with Crippen LogP contribution in [0.25, 0.3) is 20.7 Å². The van der Waals surface area contributed by atoms with E-state index < -0.39 is 16.1 Å². The molecule has 5 rings (SSSR count). The minimum absolute atomic E-state index is 0.0481. The summed E-state index contributed by atoms with van der Waals surface area (Å²) in [5.74, 6) is 0.737. The van der Waals surface area contributed by atoms with Crippen molar-refractivity contribution >= 4 is 59.7 Å². The van der Waals surface area contributed by atoms with Crippen LogP contribution in [-0.2, 0) is 10.0 Å². The maximum atomic E-state index is 13.7. The summed E-state index contributed by atoms with van der Waals surface area (Å²) < 4.78 is 39.1. The summed E-state index contributed by atoms with van der Waals surface area (Å²) in [5.41, 5.74) is 0.350. The number of carbonyl (C=O) groups excluding carboxylic acids is 2. The lowest BCUT2D eigenvalue weighted by Gasteiger charge is -2.33. The highest BCUT2D eigenvalue weighted by Crippen LogP contribution is 2.41. The minimum atomic E-state index is -3.85. The van der Waals surface area contributed by atoms with Crippen LogP contribution >= 0.6 is 22.7 Å². The lowest BCUT2D eigenvalue weighted by Crippen LogP contribution is -2.50. The SMILES string of the molecule is CCNC(=O)Nc1sc2c(OC)cccc2c1C(=O)N1CCN(S(=O)(=O)c2ncc(-c3cnco3)s2)CC1. The number of nitrogens with one attached hydrogen (secondary N) is 2. The molecule has 1 aromatic carbocycles. The first-order chi connectivity index (χ1) is 18.3. The zero-order valence-corrected chi connectivity index (χ0v) is 22.9. The number of piperazine rings is 1. The molecule has 0 aliphatic carbocycles. The van der Waals surface area contributed by atoms with Crippen molar-refractivity contribution < 1.29 is 27.2 Å². The first kappa shape index (κ1) is 26.1. The highest BCUT2D eigenvalue weighted by atomic mass is 32.2. The molecule has 12 nitrogen and oxygen atoms in total. The molecule has 2 N–H and O–H groups in total. The van der Waals surface area contributed by atoms with Crippen molar-refractivity contribution in [3.05, 3.63) is 42.5 Å². The van der Waals surface area contributed by atoms with Crippen LogP contribution in [0, 0.1) is 0 Å². The van der Waals surface area contributed by atoms with E-state index in [2.05, 4.69) is 20.6 Å². The zero-order chi connectivity index (χ0) is 26.9. The van der Waals surface area contributed by atoms with Crippen LogP contribution < -0.4 is 15.4 Å². The lowest BCUT2D eigenvalue weighted by atomic mass is 10.1. The van der Waals surface area contributed by atoms with Gasteiger partial charge in [0.25, 0.3) is 15.9 Å². The van der Waals surface area contributed by atoms with Crippen molar-refractivity contribution in [3.8, 4) is 16.4 Å². The Morgan fingerprint density at radius 1 is 1.16 bits per heavy atom. The zero-order valence-electron chi connectivity index (χ0n) is 20.5. The van der Waals surface area contributed by atoms with Gasteiger partial charge >= 0.3 is 6.03 Å². The van der Waals surface area contributed by atoms with Crippen molar-refractivity contribution in [2.45, 2.75) is 11.3 Å². The monoisotopic (exact) mass is 576 g/mol. The number of ether oxygens (including phenoxy) is 1. The molecule has 0 saturated carbocycles. The number of thiazole rings is 1. The molecule has 1 aliphatic rings. The van der Waals surface area contributed by atoms with Gasteiger partial charge in [-0.1, -0.05) is 23.5 Å². The van der Waals surface area contributed by atoms with E-state index in [-0.39, 0.29) is 36.4 Å². The van der Waals surface area contributed by atoms with Crippen LogP contribution in [0.4, 0.5) is 9.80 Å². The van der Waals surface area contributed by atoms with Gasteiger partial charge in [0.2, 0.25) is 4.34 Å². The number of anilines is 1. The number of hydrogen-bond acceptors (Lipinski definition) is 10. The molecule has 1 fully saturated rings. The summed E-state index contributed by atoms with van der Waals surface area (Å²) in [6.45, 7) is 2.80. The summed E-state index contributed by atoms with van der Waals surface area (Å²) >= 11 is 2.26. The average Bonchev–Trinajstić information content (AvgIpc) is 3.68. The average molecular weight is 577 g/mol. The number of thiophene rings is 1. The minimum Gasteiger partial charge on any atom is -0.495 e. The van der Waals surface area contributed by atoms with Gasteiger partial charge in [0, 0.05) is 38.1 Å². The lowest BCUT2D eigenvalue weighted by molar-refractivity contribution is 0.0701. The van der Waals surface area contributed by atoms with Gasteiger partial charge in [-0.25, -0.2) is 23.2 Å². The highest BCUT2D eigenvalue weighted by molar-refractivity contribution is 7.91. The predicted molar refractivity (Wildman–Crippen MR) is 143 cm³/mol. The smallest absolute Gasteiger partial charge is 0.319 e. The second-order valence-corrected chi connectivity index (χ2v) is 12.3. The molecule has 1 aliphatic heterocycles. The molecule has 0 spiro atoms. The van der Waals surface area contributed by atoms with Gasteiger partial charge in [0.1, 0.15) is 10.8 Å². The number of hydrogen-bond donors (Lipinski definition) is 2. The van der Waals surface area contributed by atoms with Crippen LogP contribution in [-0.4, -0.2) is 79.4 Å². The van der Waals surface area contributed by atoms with E-state index in [0.29, 0.717) is 38.9 Å². The van der Waals surface area contributed by atoms with Crippen LogP contribution in [0.15, 0.2) is 45.7 Å². The summed E-state index contributed by atoms with van der Waals surface area (Å²) in [6, 6.07) is 4.96. The number of fused-ring (bicyclic) bond motifs is 1. The Hall–Kier alpha value is -3.53. The highest BCUT2D eigenvalue weighted by Gasteiger charge is 2.34. The van der Waals surface area contributed by atoms with Crippen LogP contribution in [0.3, 0.4) is 0 Å². The fourth-order valence-corrected chi connectivity index (χ4v) is 7.93. The number of nitrogens with zero attached hydrogens (tertiary/aromatic N) is 4. The number of oxazole rings is 1. The largest absolute Gasteiger partial charge is 0.495 e. The summed E-state index contributed by atoms with van der Waals surface area (Å²) in [7, 11) is -2.30. The Morgan fingerprint density at radius 3 is 2.63 bits per heavy atom.